The Hall–Kier alpha value is -2.36. The topological polar surface area (TPSA) is 84.5 Å². The van der Waals surface area contributed by atoms with Crippen LogP contribution in [0.5, 0.6) is 0 Å². The normalized spacial score (nSPS) is 11.3. The molecular weight excluding hydrogens is 366 g/mol. The first-order valence-electron chi connectivity index (χ1n) is 7.68. The van der Waals surface area contributed by atoms with Crippen molar-refractivity contribution in [3.63, 3.8) is 0 Å². The lowest BCUT2D eigenvalue weighted by Gasteiger charge is -2.09. The Kier molecular flexibility index (Phi) is 6.78. The smallest absolute Gasteiger partial charge is 0.255 e. The van der Waals surface area contributed by atoms with Gasteiger partial charge in [0, 0.05) is 31.9 Å². The van der Waals surface area contributed by atoms with Crippen molar-refractivity contribution < 1.29 is 26.7 Å². The van der Waals surface area contributed by atoms with Crippen LogP contribution in [0.2, 0.25) is 0 Å². The second-order valence-electron chi connectivity index (χ2n) is 5.35. The van der Waals surface area contributed by atoms with E-state index in [1.165, 1.54) is 31.4 Å². The molecule has 0 aliphatic rings. The highest BCUT2D eigenvalue weighted by Gasteiger charge is 2.15. The lowest BCUT2D eigenvalue weighted by atomic mass is 10.2. The molecule has 2 rings (SSSR count). The fraction of sp³-hybridized carbons (Fsp3) is 0.235. The van der Waals surface area contributed by atoms with E-state index in [1.54, 1.807) is 0 Å². The van der Waals surface area contributed by atoms with Gasteiger partial charge in [-0.05, 0) is 42.8 Å². The first-order valence-corrected chi connectivity index (χ1v) is 9.17. The number of amides is 1. The van der Waals surface area contributed by atoms with Gasteiger partial charge in [-0.3, -0.25) is 4.79 Å². The number of hydrogen-bond donors (Lipinski definition) is 2. The average molecular weight is 384 g/mol. The second-order valence-corrected chi connectivity index (χ2v) is 7.11. The summed E-state index contributed by atoms with van der Waals surface area (Å²) >= 11 is 0. The van der Waals surface area contributed by atoms with Crippen LogP contribution < -0.4 is 10.0 Å². The Labute approximate surface area is 150 Å². The van der Waals surface area contributed by atoms with Crippen molar-refractivity contribution in [1.29, 1.82) is 0 Å². The summed E-state index contributed by atoms with van der Waals surface area (Å²) in [6.45, 7) is 0.657. The third-order valence-corrected chi connectivity index (χ3v) is 4.90. The van der Waals surface area contributed by atoms with E-state index >= 15 is 0 Å². The number of nitrogens with one attached hydrogen (secondary N) is 2. The molecule has 0 bridgehead atoms. The fourth-order valence-electron chi connectivity index (χ4n) is 2.08. The van der Waals surface area contributed by atoms with Crippen LogP contribution in [0.4, 0.5) is 14.5 Å². The van der Waals surface area contributed by atoms with Gasteiger partial charge in [0.1, 0.15) is 11.6 Å². The first-order chi connectivity index (χ1) is 12.3. The van der Waals surface area contributed by atoms with E-state index in [4.69, 9.17) is 4.74 Å². The summed E-state index contributed by atoms with van der Waals surface area (Å²) in [7, 11) is -2.17. The largest absolute Gasteiger partial charge is 0.385 e. The van der Waals surface area contributed by atoms with Crippen LogP contribution in [0, 0.1) is 11.6 Å². The molecule has 0 saturated carbocycles. The molecule has 0 radical (unpaired) electrons. The minimum atomic E-state index is -3.69. The van der Waals surface area contributed by atoms with Crippen LogP contribution in [0.15, 0.2) is 47.4 Å². The standard InChI is InChI=1S/C17H18F2N2O4S/c1-25-10-2-9-20-26(23,24)14-6-3-12(4-7-14)17(22)21-16-8-5-13(18)11-15(16)19/h3-8,11,20H,2,9-10H2,1H3,(H,21,22). The van der Waals surface area contributed by atoms with Crippen molar-refractivity contribution in [2.24, 2.45) is 0 Å². The number of halogens is 2. The zero-order valence-electron chi connectivity index (χ0n) is 14.0. The number of hydrogen-bond acceptors (Lipinski definition) is 4. The molecule has 0 fully saturated rings. The molecule has 0 aromatic heterocycles. The molecule has 0 atom stereocenters. The predicted octanol–water partition coefficient (Wildman–Crippen LogP) is 2.53. The van der Waals surface area contributed by atoms with Crippen molar-refractivity contribution in [3.8, 4) is 0 Å². The van der Waals surface area contributed by atoms with Crippen LogP contribution in [0.25, 0.3) is 0 Å². The van der Waals surface area contributed by atoms with Gasteiger partial charge in [-0.2, -0.15) is 0 Å². The summed E-state index contributed by atoms with van der Waals surface area (Å²) in [6.07, 6.45) is 0.527. The molecule has 2 aromatic carbocycles. The predicted molar refractivity (Wildman–Crippen MR) is 92.4 cm³/mol. The van der Waals surface area contributed by atoms with E-state index in [2.05, 4.69) is 10.0 Å². The van der Waals surface area contributed by atoms with Crippen LogP contribution >= 0.6 is 0 Å². The molecule has 0 unspecified atom stereocenters. The van der Waals surface area contributed by atoms with Gasteiger partial charge < -0.3 is 10.1 Å². The third kappa shape index (κ3) is 5.32. The number of methoxy groups -OCH3 is 1. The maximum atomic E-state index is 13.6. The van der Waals surface area contributed by atoms with Crippen molar-refractivity contribution in [1.82, 2.24) is 4.72 Å². The Morgan fingerprint density at radius 2 is 1.81 bits per heavy atom. The van der Waals surface area contributed by atoms with Gasteiger partial charge in [0.25, 0.3) is 5.91 Å². The Morgan fingerprint density at radius 1 is 1.12 bits per heavy atom. The minimum Gasteiger partial charge on any atom is -0.385 e. The second kappa shape index (κ2) is 8.84. The summed E-state index contributed by atoms with van der Waals surface area (Å²) in [5.41, 5.74) is -0.0417. The van der Waals surface area contributed by atoms with Gasteiger partial charge in [-0.25, -0.2) is 21.9 Å². The maximum Gasteiger partial charge on any atom is 0.255 e. The van der Waals surface area contributed by atoms with E-state index in [0.717, 1.165) is 12.1 Å². The summed E-state index contributed by atoms with van der Waals surface area (Å²) in [5, 5.41) is 2.30. The van der Waals surface area contributed by atoms with Gasteiger partial charge in [0.15, 0.2) is 0 Å². The van der Waals surface area contributed by atoms with Gasteiger partial charge in [0.05, 0.1) is 10.6 Å². The van der Waals surface area contributed by atoms with E-state index < -0.39 is 27.6 Å². The van der Waals surface area contributed by atoms with Gasteiger partial charge in [-0.1, -0.05) is 0 Å². The van der Waals surface area contributed by atoms with E-state index in [-0.39, 0.29) is 22.7 Å². The molecule has 0 aliphatic heterocycles. The Balaban J connectivity index is 2.05. The Morgan fingerprint density at radius 3 is 2.42 bits per heavy atom. The molecule has 26 heavy (non-hydrogen) atoms. The maximum absolute atomic E-state index is 13.6. The molecular formula is C17H18F2N2O4S. The minimum absolute atomic E-state index is 0.000528. The molecule has 0 spiro atoms. The third-order valence-electron chi connectivity index (χ3n) is 3.42. The summed E-state index contributed by atoms with van der Waals surface area (Å²) in [6, 6.07) is 7.93. The zero-order valence-corrected chi connectivity index (χ0v) is 14.8. The molecule has 0 saturated heterocycles. The van der Waals surface area contributed by atoms with Gasteiger partial charge in [0.2, 0.25) is 10.0 Å². The highest BCUT2D eigenvalue weighted by Crippen LogP contribution is 2.17. The van der Waals surface area contributed by atoms with Crippen LogP contribution in [0.1, 0.15) is 16.8 Å². The number of rotatable bonds is 8. The van der Waals surface area contributed by atoms with Crippen molar-refractivity contribution in [2.45, 2.75) is 11.3 Å². The van der Waals surface area contributed by atoms with Crippen molar-refractivity contribution in [2.75, 3.05) is 25.6 Å². The highest BCUT2D eigenvalue weighted by molar-refractivity contribution is 7.89. The average Bonchev–Trinajstić information content (AvgIpc) is 2.61. The number of sulfonamides is 1. The molecule has 6 nitrogen and oxygen atoms in total. The van der Waals surface area contributed by atoms with Gasteiger partial charge >= 0.3 is 0 Å². The fourth-order valence-corrected chi connectivity index (χ4v) is 3.15. The van der Waals surface area contributed by atoms with Crippen molar-refractivity contribution in [3.05, 3.63) is 59.7 Å². The summed E-state index contributed by atoms with van der Waals surface area (Å²) < 4.78 is 57.9. The first kappa shape index (κ1) is 20.0. The van der Waals surface area contributed by atoms with Crippen LogP contribution in [0.3, 0.4) is 0 Å². The highest BCUT2D eigenvalue weighted by atomic mass is 32.2. The number of carbonyl (C=O) groups excluding carboxylic acids is 1. The zero-order chi connectivity index (χ0) is 19.2. The molecule has 0 aliphatic carbocycles. The van der Waals surface area contributed by atoms with Gasteiger partial charge in [-0.15, -0.1) is 0 Å². The molecule has 0 heterocycles. The summed E-state index contributed by atoms with van der Waals surface area (Å²) in [5.74, 6) is -2.31. The van der Waals surface area contributed by atoms with Crippen LogP contribution in [-0.2, 0) is 14.8 Å². The molecule has 2 N–H and O–H groups in total. The van der Waals surface area contributed by atoms with Crippen molar-refractivity contribution >= 4 is 21.6 Å². The quantitative estimate of drug-likeness (QED) is 0.685. The summed E-state index contributed by atoms with van der Waals surface area (Å²) in [4.78, 5) is 12.1. The molecule has 140 valence electrons. The number of carbonyl (C=O) groups is 1. The lowest BCUT2D eigenvalue weighted by molar-refractivity contribution is 0.102. The Bertz CT molecular complexity index is 871. The van der Waals surface area contributed by atoms with E-state index in [1.807, 2.05) is 0 Å². The molecule has 1 amide bonds. The van der Waals surface area contributed by atoms with E-state index in [9.17, 15) is 22.0 Å². The SMILES string of the molecule is COCCCNS(=O)(=O)c1ccc(C(=O)Nc2ccc(F)cc2F)cc1. The number of ether oxygens (including phenoxy) is 1. The lowest BCUT2D eigenvalue weighted by Crippen LogP contribution is -2.25. The molecule has 2 aromatic rings. The molecule has 9 heteroatoms. The monoisotopic (exact) mass is 384 g/mol. The van der Waals surface area contributed by atoms with Crippen LogP contribution in [-0.4, -0.2) is 34.6 Å². The van der Waals surface area contributed by atoms with E-state index in [0.29, 0.717) is 19.1 Å². The number of benzene rings is 2. The number of anilines is 1.